The number of aromatic nitrogens is 1. The Balaban J connectivity index is 2.98. The molecule has 0 unspecified atom stereocenters. The molecule has 8 nitrogen and oxygen atoms in total. The molecular weight excluding hydrogens is 274 g/mol. The van der Waals surface area contributed by atoms with E-state index in [1.54, 1.807) is 0 Å². The summed E-state index contributed by atoms with van der Waals surface area (Å²) in [6.07, 6.45) is 0. The Morgan fingerprint density at radius 3 is 2.58 bits per heavy atom. The lowest BCUT2D eigenvalue weighted by atomic mass is 10.1. The maximum Gasteiger partial charge on any atom is 0.360 e. The first-order chi connectivity index (χ1) is 8.77. The van der Waals surface area contributed by atoms with Gasteiger partial charge < -0.3 is 20.4 Å². The zero-order chi connectivity index (χ0) is 14.6. The van der Waals surface area contributed by atoms with Crippen LogP contribution < -0.4 is 5.73 Å². The molecule has 1 aromatic heterocycles. The molecule has 0 aromatic carbocycles. The van der Waals surface area contributed by atoms with Crippen molar-refractivity contribution >= 4 is 34.1 Å². The van der Waals surface area contributed by atoms with Crippen molar-refractivity contribution in [1.82, 2.24) is 4.98 Å². The number of nitrogens with two attached hydrogens (primary N) is 1. The molecule has 0 saturated heterocycles. The number of carboxylic acid groups (broad SMARTS) is 1. The van der Waals surface area contributed by atoms with Crippen molar-refractivity contribution in [3.8, 4) is 0 Å². The lowest BCUT2D eigenvalue weighted by molar-refractivity contribution is -0.165. The summed E-state index contributed by atoms with van der Waals surface area (Å²) in [7, 11) is 1.19. The Morgan fingerprint density at radius 2 is 2.16 bits per heavy atom. The fourth-order valence-electron chi connectivity index (χ4n) is 1.03. The molecule has 0 aliphatic heterocycles. The first-order valence-corrected chi connectivity index (χ1v) is 5.95. The Labute approximate surface area is 112 Å². The van der Waals surface area contributed by atoms with Crippen LogP contribution in [0.15, 0.2) is 10.5 Å². The first-order valence-electron chi connectivity index (χ1n) is 5.07. The van der Waals surface area contributed by atoms with Gasteiger partial charge >= 0.3 is 11.9 Å². The molecule has 0 bridgehead atoms. The molecule has 1 heterocycles. The van der Waals surface area contributed by atoms with Crippen molar-refractivity contribution < 1.29 is 24.3 Å². The summed E-state index contributed by atoms with van der Waals surface area (Å²) >= 11 is 1.07. The van der Waals surface area contributed by atoms with Gasteiger partial charge in [0.25, 0.3) is 0 Å². The number of anilines is 1. The summed E-state index contributed by atoms with van der Waals surface area (Å²) in [5.74, 6) is -2.02. The Morgan fingerprint density at radius 1 is 1.53 bits per heavy atom. The van der Waals surface area contributed by atoms with Gasteiger partial charge in [0.15, 0.2) is 5.13 Å². The highest BCUT2D eigenvalue weighted by Gasteiger charge is 2.32. The third-order valence-corrected chi connectivity index (χ3v) is 2.68. The zero-order valence-electron chi connectivity index (χ0n) is 10.5. The molecule has 3 N–H and O–H groups in total. The van der Waals surface area contributed by atoms with Gasteiger partial charge in [0, 0.05) is 5.38 Å². The highest BCUT2D eigenvalue weighted by atomic mass is 32.1. The quantitative estimate of drug-likeness (QED) is 0.458. The number of rotatable bonds is 5. The molecule has 0 spiro atoms. The lowest BCUT2D eigenvalue weighted by Gasteiger charge is -2.18. The number of oxime groups is 1. The zero-order valence-corrected chi connectivity index (χ0v) is 11.4. The Bertz CT molecular complexity index is 523. The summed E-state index contributed by atoms with van der Waals surface area (Å²) < 4.78 is 4.50. The average Bonchev–Trinajstić information content (AvgIpc) is 2.74. The van der Waals surface area contributed by atoms with Crippen molar-refractivity contribution in [2.75, 3.05) is 12.8 Å². The number of carboxylic acids is 1. The third-order valence-electron chi connectivity index (χ3n) is 2.01. The second-order valence-corrected chi connectivity index (χ2v) is 4.80. The Kier molecular flexibility index (Phi) is 4.43. The van der Waals surface area contributed by atoms with Crippen molar-refractivity contribution in [3.63, 3.8) is 0 Å². The van der Waals surface area contributed by atoms with Crippen molar-refractivity contribution in [3.05, 3.63) is 11.1 Å². The topological polar surface area (TPSA) is 124 Å². The molecule has 0 amide bonds. The summed E-state index contributed by atoms with van der Waals surface area (Å²) in [6, 6.07) is 0. The molecule has 1 aromatic rings. The van der Waals surface area contributed by atoms with Crippen LogP contribution >= 0.6 is 11.3 Å². The van der Waals surface area contributed by atoms with Crippen LogP contribution in [0.25, 0.3) is 0 Å². The Hall–Kier alpha value is -2.16. The number of nitrogen functional groups attached to an aromatic ring is 1. The second-order valence-electron chi connectivity index (χ2n) is 3.91. The van der Waals surface area contributed by atoms with E-state index < -0.39 is 23.3 Å². The van der Waals surface area contributed by atoms with Crippen molar-refractivity contribution in [1.29, 1.82) is 0 Å². The number of aliphatic carboxylic acids is 1. The van der Waals surface area contributed by atoms with Gasteiger partial charge in [-0.2, -0.15) is 0 Å². The van der Waals surface area contributed by atoms with Crippen LogP contribution in [-0.4, -0.2) is 40.5 Å². The van der Waals surface area contributed by atoms with E-state index in [0.717, 1.165) is 11.3 Å². The molecule has 0 atom stereocenters. The molecule has 1 rings (SSSR count). The molecule has 0 saturated carbocycles. The molecular formula is C10H13N3O5S. The molecule has 0 radical (unpaired) electrons. The van der Waals surface area contributed by atoms with Gasteiger partial charge in [0.05, 0.1) is 7.11 Å². The summed E-state index contributed by atoms with van der Waals surface area (Å²) in [5, 5.41) is 14.1. The van der Waals surface area contributed by atoms with E-state index >= 15 is 0 Å². The SMILES string of the molecule is COC(=O)C(C)(C)O/N=C(\C(=O)O)c1csc(N)n1. The van der Waals surface area contributed by atoms with Gasteiger partial charge in [-0.1, -0.05) is 5.16 Å². The lowest BCUT2D eigenvalue weighted by Crippen LogP contribution is -2.35. The van der Waals surface area contributed by atoms with E-state index in [-0.39, 0.29) is 10.8 Å². The highest BCUT2D eigenvalue weighted by molar-refractivity contribution is 7.13. The predicted molar refractivity (Wildman–Crippen MR) is 67.9 cm³/mol. The van der Waals surface area contributed by atoms with E-state index in [9.17, 15) is 9.59 Å². The molecule has 0 aliphatic carbocycles. The van der Waals surface area contributed by atoms with E-state index in [1.807, 2.05) is 0 Å². The number of ether oxygens (including phenoxy) is 1. The number of esters is 1. The minimum absolute atomic E-state index is 0.0654. The van der Waals surface area contributed by atoms with Gasteiger partial charge in [-0.3, -0.25) is 0 Å². The van der Waals surface area contributed by atoms with E-state index in [1.165, 1.54) is 26.3 Å². The number of nitrogens with zero attached hydrogens (tertiary/aromatic N) is 2. The summed E-state index contributed by atoms with van der Waals surface area (Å²) in [6.45, 7) is 2.80. The smallest absolute Gasteiger partial charge is 0.360 e. The number of carbonyl (C=O) groups excluding carboxylic acids is 1. The standard InChI is InChI=1S/C10H13N3O5S/c1-10(2,8(16)17-3)18-13-6(7(14)15)5-4-19-9(11)12-5/h4H,1-3H3,(H2,11,12)(H,14,15)/b13-6-. The van der Waals surface area contributed by atoms with Crippen LogP contribution in [0.5, 0.6) is 0 Å². The number of hydrogen-bond acceptors (Lipinski definition) is 8. The number of carbonyl (C=O) groups is 2. The van der Waals surface area contributed by atoms with E-state index in [0.29, 0.717) is 0 Å². The van der Waals surface area contributed by atoms with Crippen LogP contribution in [0.3, 0.4) is 0 Å². The van der Waals surface area contributed by atoms with Crippen molar-refractivity contribution in [2.24, 2.45) is 5.16 Å². The number of thiazole rings is 1. The van der Waals surface area contributed by atoms with Gasteiger partial charge in [-0.25, -0.2) is 14.6 Å². The van der Waals surface area contributed by atoms with Crippen LogP contribution in [0.4, 0.5) is 5.13 Å². The molecule has 9 heteroatoms. The fraction of sp³-hybridized carbons (Fsp3) is 0.400. The number of methoxy groups -OCH3 is 1. The predicted octanol–water partition coefficient (Wildman–Crippen LogP) is 0.482. The third kappa shape index (κ3) is 3.65. The van der Waals surface area contributed by atoms with Crippen LogP contribution in [0.1, 0.15) is 19.5 Å². The van der Waals surface area contributed by atoms with Crippen LogP contribution in [-0.2, 0) is 19.2 Å². The molecule has 0 fully saturated rings. The maximum atomic E-state index is 11.4. The van der Waals surface area contributed by atoms with Crippen LogP contribution in [0, 0.1) is 0 Å². The van der Waals surface area contributed by atoms with E-state index in [4.69, 9.17) is 15.7 Å². The van der Waals surface area contributed by atoms with Gasteiger partial charge in [-0.15, -0.1) is 11.3 Å². The monoisotopic (exact) mass is 287 g/mol. The van der Waals surface area contributed by atoms with Crippen molar-refractivity contribution in [2.45, 2.75) is 19.4 Å². The molecule has 19 heavy (non-hydrogen) atoms. The van der Waals surface area contributed by atoms with Crippen LogP contribution in [0.2, 0.25) is 0 Å². The van der Waals surface area contributed by atoms with E-state index in [2.05, 4.69) is 14.9 Å². The maximum absolute atomic E-state index is 11.4. The summed E-state index contributed by atoms with van der Waals surface area (Å²) in [5.41, 5.74) is 3.63. The minimum atomic E-state index is -1.41. The highest BCUT2D eigenvalue weighted by Crippen LogP contribution is 2.15. The number of hydrogen-bond donors (Lipinski definition) is 2. The van der Waals surface area contributed by atoms with Gasteiger partial charge in [0.1, 0.15) is 5.69 Å². The van der Waals surface area contributed by atoms with Gasteiger partial charge in [0.2, 0.25) is 11.3 Å². The summed E-state index contributed by atoms with van der Waals surface area (Å²) in [4.78, 5) is 31.1. The normalized spacial score (nSPS) is 12.1. The second kappa shape index (κ2) is 5.65. The molecule has 104 valence electrons. The molecule has 0 aliphatic rings. The average molecular weight is 287 g/mol. The largest absolute Gasteiger partial charge is 0.476 e. The first kappa shape index (κ1) is 14.9. The van der Waals surface area contributed by atoms with Gasteiger partial charge in [-0.05, 0) is 13.8 Å². The fourth-order valence-corrected chi connectivity index (χ4v) is 1.58. The minimum Gasteiger partial charge on any atom is -0.476 e.